The van der Waals surface area contributed by atoms with Crippen molar-refractivity contribution in [3.8, 4) is 5.75 Å². The van der Waals surface area contributed by atoms with Crippen molar-refractivity contribution in [2.45, 2.75) is 18.9 Å². The molecule has 21 heavy (non-hydrogen) atoms. The zero-order valence-electron chi connectivity index (χ0n) is 12.0. The minimum absolute atomic E-state index is 0.0775. The number of halogens is 2. The lowest BCUT2D eigenvalue weighted by Crippen LogP contribution is -2.29. The minimum atomic E-state index is -0.551. The van der Waals surface area contributed by atoms with E-state index in [0.29, 0.717) is 18.6 Å². The summed E-state index contributed by atoms with van der Waals surface area (Å²) in [5.74, 6) is -0.232. The van der Waals surface area contributed by atoms with Gasteiger partial charge in [0.1, 0.15) is 17.4 Å². The van der Waals surface area contributed by atoms with E-state index in [1.807, 2.05) is 37.4 Å². The van der Waals surface area contributed by atoms with Gasteiger partial charge in [-0.3, -0.25) is 0 Å². The molecule has 0 aliphatic carbocycles. The van der Waals surface area contributed by atoms with Crippen LogP contribution in [-0.4, -0.2) is 19.7 Å². The lowest BCUT2D eigenvalue weighted by atomic mass is 10.0. The van der Waals surface area contributed by atoms with E-state index in [1.54, 1.807) is 0 Å². The molecule has 0 bridgehead atoms. The first kappa shape index (κ1) is 15.4. The van der Waals surface area contributed by atoms with Crippen molar-refractivity contribution in [2.75, 3.05) is 13.7 Å². The number of rotatable bonds is 7. The van der Waals surface area contributed by atoms with Gasteiger partial charge in [-0.25, -0.2) is 8.78 Å². The molecule has 0 spiro atoms. The molecule has 2 aromatic carbocycles. The van der Waals surface area contributed by atoms with Crippen LogP contribution in [0.15, 0.2) is 48.5 Å². The highest BCUT2D eigenvalue weighted by Gasteiger charge is 2.11. The highest BCUT2D eigenvalue weighted by Crippen LogP contribution is 2.14. The highest BCUT2D eigenvalue weighted by molar-refractivity contribution is 5.21. The first-order valence-corrected chi connectivity index (χ1v) is 6.98. The minimum Gasteiger partial charge on any atom is -0.494 e. The first-order chi connectivity index (χ1) is 10.2. The molecule has 0 amide bonds. The summed E-state index contributed by atoms with van der Waals surface area (Å²) in [6.45, 7) is 0.540. The standard InChI is InChI=1S/C17H19F2NO/c1-20-15(9-10-21-16-5-3-2-4-6-16)11-13-7-8-14(18)12-17(13)19/h2-8,12,15,20H,9-11H2,1H3. The van der Waals surface area contributed by atoms with Crippen molar-refractivity contribution in [3.05, 3.63) is 65.7 Å². The molecule has 0 radical (unpaired) electrons. The Labute approximate surface area is 123 Å². The van der Waals surface area contributed by atoms with E-state index < -0.39 is 11.6 Å². The molecule has 2 aromatic rings. The quantitative estimate of drug-likeness (QED) is 0.842. The molecule has 112 valence electrons. The van der Waals surface area contributed by atoms with Gasteiger partial charge in [-0.05, 0) is 43.7 Å². The molecule has 0 aliphatic heterocycles. The maximum atomic E-state index is 13.6. The van der Waals surface area contributed by atoms with Crippen molar-refractivity contribution < 1.29 is 13.5 Å². The molecule has 0 saturated heterocycles. The van der Waals surface area contributed by atoms with E-state index >= 15 is 0 Å². The van der Waals surface area contributed by atoms with Gasteiger partial charge in [0, 0.05) is 12.1 Å². The SMILES string of the molecule is CNC(CCOc1ccccc1)Cc1ccc(F)cc1F. The van der Waals surface area contributed by atoms with Gasteiger partial charge in [-0.2, -0.15) is 0 Å². The van der Waals surface area contributed by atoms with Crippen LogP contribution in [0.25, 0.3) is 0 Å². The number of benzene rings is 2. The van der Waals surface area contributed by atoms with Crippen molar-refractivity contribution in [2.24, 2.45) is 0 Å². The van der Waals surface area contributed by atoms with Crippen molar-refractivity contribution >= 4 is 0 Å². The van der Waals surface area contributed by atoms with Crippen LogP contribution < -0.4 is 10.1 Å². The normalized spacial score (nSPS) is 12.1. The Hall–Kier alpha value is -1.94. The predicted octanol–water partition coefficient (Wildman–Crippen LogP) is 3.56. The largest absolute Gasteiger partial charge is 0.494 e. The maximum absolute atomic E-state index is 13.6. The Bertz CT molecular complexity index is 560. The van der Waals surface area contributed by atoms with Crippen molar-refractivity contribution in [1.29, 1.82) is 0 Å². The van der Waals surface area contributed by atoms with Gasteiger partial charge in [0.25, 0.3) is 0 Å². The summed E-state index contributed by atoms with van der Waals surface area (Å²) in [6, 6.07) is 13.3. The van der Waals surface area contributed by atoms with Gasteiger partial charge in [0.15, 0.2) is 0 Å². The average Bonchev–Trinajstić information content (AvgIpc) is 2.49. The lowest BCUT2D eigenvalue weighted by Gasteiger charge is -2.17. The summed E-state index contributed by atoms with van der Waals surface area (Å²) < 4.78 is 32.1. The fourth-order valence-electron chi connectivity index (χ4n) is 2.14. The zero-order chi connectivity index (χ0) is 15.1. The molecule has 1 unspecified atom stereocenters. The Morgan fingerprint density at radius 2 is 1.86 bits per heavy atom. The molecule has 1 N–H and O–H groups in total. The highest BCUT2D eigenvalue weighted by atomic mass is 19.1. The second-order valence-corrected chi connectivity index (χ2v) is 4.88. The summed E-state index contributed by atoms with van der Waals surface area (Å²) in [4.78, 5) is 0. The van der Waals surface area contributed by atoms with E-state index in [2.05, 4.69) is 5.32 Å². The smallest absolute Gasteiger partial charge is 0.129 e. The van der Waals surface area contributed by atoms with Gasteiger partial charge in [-0.15, -0.1) is 0 Å². The lowest BCUT2D eigenvalue weighted by molar-refractivity contribution is 0.288. The molecule has 0 aliphatic rings. The topological polar surface area (TPSA) is 21.3 Å². The number of likely N-dealkylation sites (N-methyl/N-ethyl adjacent to an activating group) is 1. The number of ether oxygens (including phenoxy) is 1. The zero-order valence-corrected chi connectivity index (χ0v) is 12.0. The van der Waals surface area contributed by atoms with E-state index in [-0.39, 0.29) is 6.04 Å². The van der Waals surface area contributed by atoms with Crippen LogP contribution in [0.2, 0.25) is 0 Å². The average molecular weight is 291 g/mol. The monoisotopic (exact) mass is 291 g/mol. The van der Waals surface area contributed by atoms with Crippen LogP contribution in [0.1, 0.15) is 12.0 Å². The van der Waals surface area contributed by atoms with Crippen LogP contribution in [0.3, 0.4) is 0 Å². The molecule has 2 nitrogen and oxygen atoms in total. The summed E-state index contributed by atoms with van der Waals surface area (Å²) in [6.07, 6.45) is 1.24. The van der Waals surface area contributed by atoms with Gasteiger partial charge < -0.3 is 10.1 Å². The summed E-state index contributed by atoms with van der Waals surface area (Å²) >= 11 is 0. The first-order valence-electron chi connectivity index (χ1n) is 6.98. The third-order valence-electron chi connectivity index (χ3n) is 3.37. The second-order valence-electron chi connectivity index (χ2n) is 4.88. The molecule has 0 aromatic heterocycles. The van der Waals surface area contributed by atoms with Crippen LogP contribution in [0.4, 0.5) is 8.78 Å². The van der Waals surface area contributed by atoms with Gasteiger partial charge in [-0.1, -0.05) is 24.3 Å². The Kier molecular flexibility index (Phi) is 5.69. The van der Waals surface area contributed by atoms with E-state index in [1.165, 1.54) is 12.1 Å². The number of para-hydroxylation sites is 1. The molecule has 0 heterocycles. The summed E-state index contributed by atoms with van der Waals surface area (Å²) in [5.41, 5.74) is 0.510. The Morgan fingerprint density at radius 1 is 1.10 bits per heavy atom. The van der Waals surface area contributed by atoms with Crippen LogP contribution in [0.5, 0.6) is 5.75 Å². The number of nitrogens with one attached hydrogen (secondary N) is 1. The Balaban J connectivity index is 1.85. The van der Waals surface area contributed by atoms with E-state index in [9.17, 15) is 8.78 Å². The number of hydrogen-bond donors (Lipinski definition) is 1. The second kappa shape index (κ2) is 7.74. The van der Waals surface area contributed by atoms with Gasteiger partial charge in [0.05, 0.1) is 6.61 Å². The molecule has 2 rings (SSSR count). The van der Waals surface area contributed by atoms with Crippen LogP contribution in [0, 0.1) is 11.6 Å². The number of hydrogen-bond acceptors (Lipinski definition) is 2. The third-order valence-corrected chi connectivity index (χ3v) is 3.37. The molecule has 0 fully saturated rings. The van der Waals surface area contributed by atoms with Gasteiger partial charge >= 0.3 is 0 Å². The van der Waals surface area contributed by atoms with Crippen LogP contribution >= 0.6 is 0 Å². The molecule has 1 atom stereocenters. The summed E-state index contributed by atoms with van der Waals surface area (Å²) in [7, 11) is 1.83. The predicted molar refractivity (Wildman–Crippen MR) is 79.5 cm³/mol. The maximum Gasteiger partial charge on any atom is 0.129 e. The van der Waals surface area contributed by atoms with Crippen LogP contribution in [-0.2, 0) is 6.42 Å². The Morgan fingerprint density at radius 3 is 2.52 bits per heavy atom. The molecule has 4 heteroatoms. The third kappa shape index (κ3) is 4.83. The van der Waals surface area contributed by atoms with Crippen molar-refractivity contribution in [3.63, 3.8) is 0 Å². The van der Waals surface area contributed by atoms with Crippen molar-refractivity contribution in [1.82, 2.24) is 5.32 Å². The molecule has 0 saturated carbocycles. The fourth-order valence-corrected chi connectivity index (χ4v) is 2.14. The molecular weight excluding hydrogens is 272 g/mol. The molecular formula is C17H19F2NO. The van der Waals surface area contributed by atoms with E-state index in [4.69, 9.17) is 4.74 Å². The summed E-state index contributed by atoms with van der Waals surface area (Å²) in [5, 5.41) is 3.14. The van der Waals surface area contributed by atoms with E-state index in [0.717, 1.165) is 18.2 Å². The van der Waals surface area contributed by atoms with Gasteiger partial charge in [0.2, 0.25) is 0 Å². The fraction of sp³-hybridized carbons (Fsp3) is 0.294.